The van der Waals surface area contributed by atoms with Crippen LogP contribution >= 0.6 is 11.3 Å². The standard InChI is InChI=1S/C20H17N3O4S/c1-3-14-16(11(2)27-23-14)20(25)26-9-15-21-18(24)17-13(10-28-19(17)22-15)12-7-5-4-6-8-12/h4-8,10H,3,9H2,1-2H3,(H,21,22,24). The molecule has 0 unspecified atom stereocenters. The van der Waals surface area contributed by atoms with Crippen molar-refractivity contribution in [3.8, 4) is 11.1 Å². The second kappa shape index (κ2) is 7.40. The summed E-state index contributed by atoms with van der Waals surface area (Å²) in [5.74, 6) is 0.151. The number of ether oxygens (including phenoxy) is 1. The number of thiophene rings is 1. The fraction of sp³-hybridized carbons (Fsp3) is 0.200. The summed E-state index contributed by atoms with van der Waals surface area (Å²) in [4.78, 5) is 32.8. The van der Waals surface area contributed by atoms with E-state index in [4.69, 9.17) is 9.26 Å². The van der Waals surface area contributed by atoms with Crippen LogP contribution < -0.4 is 5.56 Å². The minimum atomic E-state index is -0.547. The predicted octanol–water partition coefficient (Wildman–Crippen LogP) is 3.87. The smallest absolute Gasteiger partial charge is 0.344 e. The Morgan fingerprint density at radius 2 is 2.07 bits per heavy atom. The molecule has 0 saturated carbocycles. The molecule has 1 N–H and O–H groups in total. The molecular weight excluding hydrogens is 378 g/mol. The lowest BCUT2D eigenvalue weighted by Crippen LogP contribution is -2.15. The third-order valence-corrected chi connectivity index (χ3v) is 5.26. The number of hydrogen-bond acceptors (Lipinski definition) is 7. The highest BCUT2D eigenvalue weighted by Gasteiger charge is 2.21. The zero-order valence-electron chi connectivity index (χ0n) is 15.3. The van der Waals surface area contributed by atoms with Crippen LogP contribution in [0.2, 0.25) is 0 Å². The SMILES string of the molecule is CCc1noc(C)c1C(=O)OCc1nc2scc(-c3ccccc3)c2c(=O)[nH]1. The fourth-order valence-corrected chi connectivity index (χ4v) is 3.99. The molecule has 7 nitrogen and oxygen atoms in total. The Labute approximate surface area is 164 Å². The van der Waals surface area contributed by atoms with Gasteiger partial charge in [0.25, 0.3) is 5.56 Å². The maximum atomic E-state index is 12.6. The summed E-state index contributed by atoms with van der Waals surface area (Å²) in [5, 5.41) is 6.29. The second-order valence-electron chi connectivity index (χ2n) is 6.20. The normalized spacial score (nSPS) is 11.1. The van der Waals surface area contributed by atoms with Crippen molar-refractivity contribution in [2.75, 3.05) is 0 Å². The van der Waals surface area contributed by atoms with E-state index < -0.39 is 5.97 Å². The average molecular weight is 395 g/mol. The zero-order valence-corrected chi connectivity index (χ0v) is 16.1. The number of rotatable bonds is 5. The first-order chi connectivity index (χ1) is 13.6. The van der Waals surface area contributed by atoms with Gasteiger partial charge in [0.2, 0.25) is 0 Å². The van der Waals surface area contributed by atoms with Gasteiger partial charge in [-0.05, 0) is 18.9 Å². The molecule has 0 aliphatic carbocycles. The lowest BCUT2D eigenvalue weighted by molar-refractivity contribution is 0.0459. The molecule has 0 fully saturated rings. The number of carbonyl (C=O) groups is 1. The molecule has 1 aromatic carbocycles. The number of fused-ring (bicyclic) bond motifs is 1. The van der Waals surface area contributed by atoms with Gasteiger partial charge in [0.15, 0.2) is 0 Å². The maximum Gasteiger partial charge on any atom is 0.344 e. The van der Waals surface area contributed by atoms with Crippen LogP contribution in [0.1, 0.15) is 34.6 Å². The Morgan fingerprint density at radius 3 is 2.82 bits per heavy atom. The van der Waals surface area contributed by atoms with Gasteiger partial charge in [0.05, 0.1) is 11.1 Å². The maximum absolute atomic E-state index is 12.6. The van der Waals surface area contributed by atoms with Crippen molar-refractivity contribution >= 4 is 27.5 Å². The summed E-state index contributed by atoms with van der Waals surface area (Å²) in [7, 11) is 0. The van der Waals surface area contributed by atoms with Gasteiger partial charge in [-0.1, -0.05) is 42.4 Å². The molecule has 3 aromatic heterocycles. The molecule has 28 heavy (non-hydrogen) atoms. The molecule has 0 atom stereocenters. The van der Waals surface area contributed by atoms with E-state index in [1.165, 1.54) is 11.3 Å². The summed E-state index contributed by atoms with van der Waals surface area (Å²) in [5.41, 5.74) is 2.41. The number of hydrogen-bond donors (Lipinski definition) is 1. The van der Waals surface area contributed by atoms with Gasteiger partial charge in [0, 0.05) is 10.9 Å². The zero-order chi connectivity index (χ0) is 19.7. The van der Waals surface area contributed by atoms with Crippen molar-refractivity contribution in [1.82, 2.24) is 15.1 Å². The predicted molar refractivity (Wildman–Crippen MR) is 105 cm³/mol. The highest BCUT2D eigenvalue weighted by molar-refractivity contribution is 7.17. The van der Waals surface area contributed by atoms with Gasteiger partial charge >= 0.3 is 5.97 Å². The van der Waals surface area contributed by atoms with E-state index in [1.54, 1.807) is 6.92 Å². The Balaban J connectivity index is 1.60. The van der Waals surface area contributed by atoms with Crippen LogP contribution in [0.3, 0.4) is 0 Å². The fourth-order valence-electron chi connectivity index (χ4n) is 3.02. The Kier molecular flexibility index (Phi) is 4.79. The van der Waals surface area contributed by atoms with E-state index in [2.05, 4.69) is 15.1 Å². The molecule has 4 rings (SSSR count). The minimum Gasteiger partial charge on any atom is -0.454 e. The third-order valence-electron chi connectivity index (χ3n) is 4.39. The first-order valence-corrected chi connectivity index (χ1v) is 9.64. The molecule has 0 bridgehead atoms. The van der Waals surface area contributed by atoms with Crippen molar-refractivity contribution in [2.24, 2.45) is 0 Å². The number of aromatic amines is 1. The molecule has 142 valence electrons. The molecule has 3 heterocycles. The van der Waals surface area contributed by atoms with E-state index in [0.29, 0.717) is 39.5 Å². The van der Waals surface area contributed by atoms with Crippen molar-refractivity contribution in [3.05, 3.63) is 68.9 Å². The summed E-state index contributed by atoms with van der Waals surface area (Å²) in [6, 6.07) is 9.66. The number of nitrogens with zero attached hydrogens (tertiary/aromatic N) is 2. The van der Waals surface area contributed by atoms with E-state index in [-0.39, 0.29) is 12.2 Å². The first kappa shape index (κ1) is 18.1. The van der Waals surface area contributed by atoms with Crippen LogP contribution in [0, 0.1) is 6.92 Å². The molecule has 0 amide bonds. The van der Waals surface area contributed by atoms with E-state index in [9.17, 15) is 9.59 Å². The summed E-state index contributed by atoms with van der Waals surface area (Å²) in [6.07, 6.45) is 0.556. The Morgan fingerprint density at radius 1 is 1.29 bits per heavy atom. The van der Waals surface area contributed by atoms with Gasteiger partial charge in [-0.2, -0.15) is 0 Å². The van der Waals surface area contributed by atoms with E-state index in [0.717, 1.165) is 11.1 Å². The molecule has 0 saturated heterocycles. The summed E-state index contributed by atoms with van der Waals surface area (Å²) >= 11 is 1.38. The molecule has 8 heteroatoms. The molecule has 0 aliphatic rings. The van der Waals surface area contributed by atoms with Gasteiger partial charge in [-0.25, -0.2) is 9.78 Å². The summed E-state index contributed by atoms with van der Waals surface area (Å²) < 4.78 is 10.4. The van der Waals surface area contributed by atoms with Crippen LogP contribution in [-0.2, 0) is 17.8 Å². The lowest BCUT2D eigenvalue weighted by Gasteiger charge is -2.05. The van der Waals surface area contributed by atoms with Crippen molar-refractivity contribution in [2.45, 2.75) is 26.9 Å². The van der Waals surface area contributed by atoms with Gasteiger partial charge in [-0.15, -0.1) is 11.3 Å². The minimum absolute atomic E-state index is 0.143. The molecular formula is C20H17N3O4S. The van der Waals surface area contributed by atoms with Crippen molar-refractivity contribution in [1.29, 1.82) is 0 Å². The number of aryl methyl sites for hydroxylation is 2. The highest BCUT2D eigenvalue weighted by Crippen LogP contribution is 2.30. The molecule has 4 aromatic rings. The van der Waals surface area contributed by atoms with Gasteiger partial charge < -0.3 is 14.2 Å². The van der Waals surface area contributed by atoms with Crippen LogP contribution in [0.15, 0.2) is 45.0 Å². The summed E-state index contributed by atoms with van der Waals surface area (Å²) in [6.45, 7) is 3.39. The molecule has 0 spiro atoms. The van der Waals surface area contributed by atoms with Crippen LogP contribution in [-0.4, -0.2) is 21.1 Å². The van der Waals surface area contributed by atoms with Crippen LogP contribution in [0.4, 0.5) is 0 Å². The Bertz CT molecular complexity index is 1210. The third kappa shape index (κ3) is 3.22. The van der Waals surface area contributed by atoms with Crippen molar-refractivity contribution < 1.29 is 14.1 Å². The number of nitrogens with one attached hydrogen (secondary N) is 1. The first-order valence-electron chi connectivity index (χ1n) is 8.76. The topological polar surface area (TPSA) is 98.1 Å². The van der Waals surface area contributed by atoms with Crippen molar-refractivity contribution in [3.63, 3.8) is 0 Å². The van der Waals surface area contributed by atoms with Gasteiger partial charge in [-0.3, -0.25) is 4.79 Å². The average Bonchev–Trinajstić information content (AvgIpc) is 3.30. The monoisotopic (exact) mass is 395 g/mol. The highest BCUT2D eigenvalue weighted by atomic mass is 32.1. The largest absolute Gasteiger partial charge is 0.454 e. The second-order valence-corrected chi connectivity index (χ2v) is 7.06. The number of benzene rings is 1. The number of H-pyrrole nitrogens is 1. The number of aromatic nitrogens is 3. The molecule has 0 radical (unpaired) electrons. The van der Waals surface area contributed by atoms with E-state index >= 15 is 0 Å². The van der Waals surface area contributed by atoms with Crippen LogP contribution in [0.25, 0.3) is 21.3 Å². The lowest BCUT2D eigenvalue weighted by atomic mass is 10.1. The van der Waals surface area contributed by atoms with E-state index in [1.807, 2.05) is 42.6 Å². The number of esters is 1. The number of carbonyl (C=O) groups excluding carboxylic acids is 1. The van der Waals surface area contributed by atoms with Crippen LogP contribution in [0.5, 0.6) is 0 Å². The molecule has 0 aliphatic heterocycles. The quantitative estimate of drug-likeness (QED) is 0.515. The Hall–Kier alpha value is -3.26. The van der Waals surface area contributed by atoms with Gasteiger partial charge in [0.1, 0.15) is 28.6 Å².